The molecule has 10 heteroatoms. The number of aromatic hydroxyl groups is 1. The molecule has 1 aliphatic rings. The lowest BCUT2D eigenvalue weighted by molar-refractivity contribution is -0.157. The monoisotopic (exact) mass is 496 g/mol. The molecule has 1 atom stereocenters. The molecule has 36 heavy (non-hydrogen) atoms. The van der Waals surface area contributed by atoms with Crippen molar-refractivity contribution < 1.29 is 34.0 Å². The number of aromatic nitrogens is 1. The number of nitrogen functional groups attached to an aromatic ring is 1. The molecular weight excluding hydrogens is 468 g/mol. The van der Waals surface area contributed by atoms with Crippen LogP contribution >= 0.6 is 0 Å². The number of fused-ring (bicyclic) bond motifs is 2. The Labute approximate surface area is 206 Å². The molecular formula is C26H28N2O8. The van der Waals surface area contributed by atoms with Gasteiger partial charge >= 0.3 is 5.97 Å². The third-order valence-electron chi connectivity index (χ3n) is 6.29. The van der Waals surface area contributed by atoms with Gasteiger partial charge in [-0.25, -0.2) is 9.78 Å². The van der Waals surface area contributed by atoms with Gasteiger partial charge in [0.25, 0.3) is 0 Å². The van der Waals surface area contributed by atoms with Crippen LogP contribution in [0.5, 0.6) is 11.5 Å². The van der Waals surface area contributed by atoms with Gasteiger partial charge in [-0.05, 0) is 38.5 Å². The number of nitrogens with zero attached hydrogens (tertiary/aromatic N) is 1. The summed E-state index contributed by atoms with van der Waals surface area (Å²) in [5, 5.41) is 30.1. The van der Waals surface area contributed by atoms with Gasteiger partial charge in [-0.15, -0.1) is 0 Å². The van der Waals surface area contributed by atoms with Gasteiger partial charge in [0, 0.05) is 36.2 Å². The Kier molecular flexibility index (Phi) is 6.75. The zero-order chi connectivity index (χ0) is 26.2. The number of aliphatic hydroxyl groups excluding tert-OH is 2. The predicted octanol–water partition coefficient (Wildman–Crippen LogP) is 2.12. The highest BCUT2D eigenvalue weighted by atomic mass is 16.6. The van der Waals surface area contributed by atoms with E-state index in [1.807, 2.05) is 0 Å². The molecule has 0 radical (unpaired) electrons. The van der Waals surface area contributed by atoms with Gasteiger partial charge in [-0.3, -0.25) is 4.79 Å². The lowest BCUT2D eigenvalue weighted by atomic mass is 9.86. The zero-order valence-electron chi connectivity index (χ0n) is 20.2. The van der Waals surface area contributed by atoms with Crippen LogP contribution in [0, 0.1) is 0 Å². The number of esters is 1. The smallest absolute Gasteiger partial charge is 0.336 e. The Morgan fingerprint density at radius 3 is 2.72 bits per heavy atom. The van der Waals surface area contributed by atoms with E-state index in [0.29, 0.717) is 17.1 Å². The third kappa shape index (κ3) is 4.52. The normalized spacial score (nSPS) is 16.9. The molecule has 10 nitrogen and oxygen atoms in total. The molecule has 1 aromatic carbocycles. The van der Waals surface area contributed by atoms with E-state index in [4.69, 9.17) is 19.6 Å². The van der Waals surface area contributed by atoms with Crippen molar-refractivity contribution in [2.45, 2.75) is 51.9 Å². The molecule has 0 spiro atoms. The van der Waals surface area contributed by atoms with E-state index in [-0.39, 0.29) is 46.5 Å². The first-order valence-corrected chi connectivity index (χ1v) is 11.4. The number of hydrogen-bond donors (Lipinski definition) is 4. The molecule has 5 N–H and O–H groups in total. The second-order valence-corrected chi connectivity index (χ2v) is 9.12. The van der Waals surface area contributed by atoms with Gasteiger partial charge in [0.05, 0.1) is 12.2 Å². The van der Waals surface area contributed by atoms with Crippen LogP contribution in [0.3, 0.4) is 0 Å². The van der Waals surface area contributed by atoms with Crippen molar-refractivity contribution in [2.75, 3.05) is 12.3 Å². The number of hydrogen-bond acceptors (Lipinski definition) is 10. The number of phenolic OH excluding ortho intramolecular Hbond substituents is 1. The number of nitrogens with two attached hydrogens (primary N) is 1. The van der Waals surface area contributed by atoms with Gasteiger partial charge in [0.1, 0.15) is 52.4 Å². The third-order valence-corrected chi connectivity index (χ3v) is 6.29. The number of ether oxygens (including phenoxy) is 2. The summed E-state index contributed by atoms with van der Waals surface area (Å²) in [6.07, 6.45) is 2.44. The van der Waals surface area contributed by atoms with E-state index in [1.54, 1.807) is 39.1 Å². The molecule has 0 saturated carbocycles. The average Bonchev–Trinajstić information content (AvgIpc) is 2.82. The Morgan fingerprint density at radius 2 is 2.08 bits per heavy atom. The molecule has 0 bridgehead atoms. The fourth-order valence-corrected chi connectivity index (χ4v) is 4.30. The first-order valence-electron chi connectivity index (χ1n) is 11.4. The number of rotatable bonds is 6. The lowest BCUT2D eigenvalue weighted by Gasteiger charge is -2.40. The first-order chi connectivity index (χ1) is 17.1. The minimum absolute atomic E-state index is 0.0344. The van der Waals surface area contributed by atoms with Gasteiger partial charge in [-0.2, -0.15) is 0 Å². The van der Waals surface area contributed by atoms with Crippen molar-refractivity contribution >= 4 is 22.8 Å². The summed E-state index contributed by atoms with van der Waals surface area (Å²) in [6.45, 7) is 4.09. The van der Waals surface area contributed by atoms with Crippen LogP contribution < -0.4 is 15.9 Å². The molecule has 3 aromatic rings. The molecule has 2 aromatic heterocycles. The van der Waals surface area contributed by atoms with Crippen molar-refractivity contribution in [3.63, 3.8) is 0 Å². The van der Waals surface area contributed by atoms with E-state index < -0.39 is 36.3 Å². The van der Waals surface area contributed by atoms with E-state index in [2.05, 4.69) is 4.98 Å². The Hall–Kier alpha value is -3.89. The highest BCUT2D eigenvalue weighted by Crippen LogP contribution is 2.46. The second kappa shape index (κ2) is 9.63. The number of carbonyl (C=O) groups is 1. The highest BCUT2D eigenvalue weighted by molar-refractivity contribution is 5.91. The molecule has 0 aliphatic carbocycles. The Balaban J connectivity index is 1.92. The Morgan fingerprint density at radius 1 is 1.33 bits per heavy atom. The summed E-state index contributed by atoms with van der Waals surface area (Å²) in [4.78, 5) is 29.5. The maximum Gasteiger partial charge on any atom is 0.336 e. The fraction of sp³-hybridized carbons (Fsp3) is 0.346. The van der Waals surface area contributed by atoms with Gasteiger partial charge in [0.15, 0.2) is 5.43 Å². The van der Waals surface area contributed by atoms with Crippen molar-refractivity contribution in [3.05, 3.63) is 68.7 Å². The number of pyridine rings is 1. The fourth-order valence-electron chi connectivity index (χ4n) is 4.30. The molecule has 190 valence electrons. The second-order valence-electron chi connectivity index (χ2n) is 9.12. The van der Waals surface area contributed by atoms with Crippen LogP contribution in [0.4, 0.5) is 5.82 Å². The zero-order valence-corrected chi connectivity index (χ0v) is 20.2. The van der Waals surface area contributed by atoms with Crippen LogP contribution in [0.25, 0.3) is 11.0 Å². The topological polar surface area (TPSA) is 165 Å². The number of benzene rings is 1. The minimum Gasteiger partial charge on any atom is -0.507 e. The standard InChI is InChI=1S/C26H28N2O8/c1-4-14(11-29)25(33)35-19-10-16-22(32)21-18(31)9-15(12-30)34-24(21)17(23(16)36-26(19,2)3)7-13-5-6-28-20(27)8-13/h4-6,8-9,19,29-30,32H,7,10-12H2,1-3H3,(H2,27,28)/b14-4-/t19-/m1/s1. The molecule has 3 heterocycles. The molecule has 1 aliphatic heterocycles. The Bertz CT molecular complexity index is 1420. The van der Waals surface area contributed by atoms with Gasteiger partial charge < -0.3 is 34.9 Å². The first kappa shape index (κ1) is 25.2. The molecule has 0 saturated heterocycles. The summed E-state index contributed by atoms with van der Waals surface area (Å²) >= 11 is 0. The van der Waals surface area contributed by atoms with Crippen LogP contribution in [0.15, 0.2) is 45.3 Å². The summed E-state index contributed by atoms with van der Waals surface area (Å²) in [7, 11) is 0. The van der Waals surface area contributed by atoms with Crippen LogP contribution in [-0.4, -0.2) is 44.6 Å². The summed E-state index contributed by atoms with van der Waals surface area (Å²) in [5.41, 5.74) is 5.95. The van der Waals surface area contributed by atoms with E-state index in [1.165, 1.54) is 6.08 Å². The van der Waals surface area contributed by atoms with Crippen molar-refractivity contribution in [1.82, 2.24) is 4.98 Å². The van der Waals surface area contributed by atoms with Crippen LogP contribution in [-0.2, 0) is 29.0 Å². The maximum absolute atomic E-state index is 13.0. The van der Waals surface area contributed by atoms with Gasteiger partial charge in [0.2, 0.25) is 0 Å². The largest absolute Gasteiger partial charge is 0.507 e. The number of anilines is 1. The predicted molar refractivity (Wildman–Crippen MR) is 131 cm³/mol. The minimum atomic E-state index is -1.04. The molecule has 4 rings (SSSR count). The van der Waals surface area contributed by atoms with E-state index >= 15 is 0 Å². The number of allylic oxidation sites excluding steroid dienone is 1. The van der Waals surface area contributed by atoms with Gasteiger partial charge in [-0.1, -0.05) is 6.08 Å². The van der Waals surface area contributed by atoms with E-state index in [0.717, 1.165) is 11.6 Å². The summed E-state index contributed by atoms with van der Waals surface area (Å²) < 4.78 is 17.8. The average molecular weight is 497 g/mol. The molecule has 0 amide bonds. The number of carbonyl (C=O) groups excluding carboxylic acids is 1. The van der Waals surface area contributed by atoms with Crippen molar-refractivity contribution in [1.29, 1.82) is 0 Å². The SMILES string of the molecule is C/C=C(/CO)C(=O)O[C@@H]1Cc2c(c(Cc3ccnc(N)c3)c3oc(CO)cc(=O)c3c2O)OC1(C)C. The van der Waals surface area contributed by atoms with Crippen molar-refractivity contribution in [2.24, 2.45) is 0 Å². The van der Waals surface area contributed by atoms with Crippen molar-refractivity contribution in [3.8, 4) is 11.5 Å². The highest BCUT2D eigenvalue weighted by Gasteiger charge is 2.43. The quantitative estimate of drug-likeness (QED) is 0.293. The summed E-state index contributed by atoms with van der Waals surface area (Å²) in [5.74, 6) is -0.420. The van der Waals surface area contributed by atoms with Crippen LogP contribution in [0.2, 0.25) is 0 Å². The number of phenols is 1. The molecule has 0 fully saturated rings. The maximum atomic E-state index is 13.0. The molecule has 0 unspecified atom stereocenters. The van der Waals surface area contributed by atoms with E-state index in [9.17, 15) is 24.9 Å². The summed E-state index contributed by atoms with van der Waals surface area (Å²) in [6, 6.07) is 4.54. The van der Waals surface area contributed by atoms with Crippen LogP contribution in [0.1, 0.15) is 43.2 Å². The number of aliphatic hydroxyl groups is 2. The lowest BCUT2D eigenvalue weighted by Crippen LogP contribution is -2.49.